The summed E-state index contributed by atoms with van der Waals surface area (Å²) >= 11 is 0. The molecule has 0 aliphatic carbocycles. The number of hydrogen-bond acceptors (Lipinski definition) is 4. The van der Waals surface area contributed by atoms with Gasteiger partial charge in [-0.1, -0.05) is 30.3 Å². The molecule has 0 spiro atoms. The van der Waals surface area contributed by atoms with Gasteiger partial charge in [0, 0.05) is 12.1 Å². The van der Waals surface area contributed by atoms with Crippen molar-refractivity contribution < 1.29 is 17.7 Å². The van der Waals surface area contributed by atoms with Gasteiger partial charge in [0.15, 0.2) is 0 Å². The van der Waals surface area contributed by atoms with Crippen LogP contribution in [-0.2, 0) is 10.0 Å². The van der Waals surface area contributed by atoms with Crippen LogP contribution < -0.4 is 4.72 Å². The van der Waals surface area contributed by atoms with E-state index in [1.807, 2.05) is 0 Å². The molecule has 0 fully saturated rings. The van der Waals surface area contributed by atoms with Crippen LogP contribution in [0, 0.1) is 15.9 Å². The number of nitro groups is 1. The van der Waals surface area contributed by atoms with Crippen LogP contribution >= 0.6 is 0 Å². The van der Waals surface area contributed by atoms with Gasteiger partial charge in [0.2, 0.25) is 15.8 Å². The van der Waals surface area contributed by atoms with E-state index in [0.717, 1.165) is 17.7 Å². The Balaban J connectivity index is 2.31. The molecule has 0 bridgehead atoms. The van der Waals surface area contributed by atoms with Gasteiger partial charge in [0.1, 0.15) is 0 Å². The van der Waals surface area contributed by atoms with Crippen molar-refractivity contribution in [3.8, 4) is 0 Å². The van der Waals surface area contributed by atoms with Gasteiger partial charge < -0.3 is 0 Å². The first-order valence-corrected chi connectivity index (χ1v) is 7.81. The summed E-state index contributed by atoms with van der Waals surface area (Å²) in [5, 5.41) is 10.7. The zero-order chi connectivity index (χ0) is 16.3. The first-order chi connectivity index (χ1) is 10.3. The first kappa shape index (κ1) is 16.1. The number of nitrogens with zero attached hydrogens (tertiary/aromatic N) is 1. The van der Waals surface area contributed by atoms with Crippen LogP contribution in [0.4, 0.5) is 10.1 Å². The quantitative estimate of drug-likeness (QED) is 0.676. The number of rotatable bonds is 5. The summed E-state index contributed by atoms with van der Waals surface area (Å²) in [6, 6.07) is 10.8. The molecule has 0 heterocycles. The van der Waals surface area contributed by atoms with Crippen molar-refractivity contribution in [3.05, 3.63) is 70.0 Å². The minimum absolute atomic E-state index is 0.358. The maximum atomic E-state index is 13.3. The Bertz CT molecular complexity index is 794. The van der Waals surface area contributed by atoms with Gasteiger partial charge in [-0.05, 0) is 24.6 Å². The fourth-order valence-corrected chi connectivity index (χ4v) is 3.16. The summed E-state index contributed by atoms with van der Waals surface area (Å²) in [4.78, 5) is 9.37. The third-order valence-corrected chi connectivity index (χ3v) is 4.59. The summed E-state index contributed by atoms with van der Waals surface area (Å²) in [6.45, 7) is 1.64. The Morgan fingerprint density at radius 1 is 1.18 bits per heavy atom. The Labute approximate surface area is 126 Å². The molecule has 0 unspecified atom stereocenters. The highest BCUT2D eigenvalue weighted by Gasteiger charge is 2.23. The molecule has 2 rings (SSSR count). The van der Waals surface area contributed by atoms with Gasteiger partial charge in [-0.15, -0.1) is 0 Å². The molecule has 1 atom stereocenters. The predicted molar refractivity (Wildman–Crippen MR) is 78.2 cm³/mol. The molecule has 8 heteroatoms. The van der Waals surface area contributed by atoms with Crippen LogP contribution in [0.5, 0.6) is 0 Å². The van der Waals surface area contributed by atoms with E-state index >= 15 is 0 Å². The van der Waals surface area contributed by atoms with Crippen molar-refractivity contribution in [3.63, 3.8) is 0 Å². The van der Waals surface area contributed by atoms with Crippen molar-refractivity contribution in [2.24, 2.45) is 0 Å². The monoisotopic (exact) mass is 324 g/mol. The van der Waals surface area contributed by atoms with Gasteiger partial charge >= 0.3 is 5.69 Å². The molecule has 0 aliphatic rings. The van der Waals surface area contributed by atoms with E-state index in [1.54, 1.807) is 37.3 Å². The number of hydrogen-bond donors (Lipinski definition) is 1. The minimum Gasteiger partial charge on any atom is -0.258 e. The minimum atomic E-state index is -4.00. The molecule has 0 saturated heterocycles. The van der Waals surface area contributed by atoms with Crippen molar-refractivity contribution in [2.45, 2.75) is 17.9 Å². The lowest BCUT2D eigenvalue weighted by Crippen LogP contribution is -2.27. The second kappa shape index (κ2) is 6.20. The molecule has 0 aliphatic heterocycles. The number of benzene rings is 2. The molecule has 0 amide bonds. The van der Waals surface area contributed by atoms with Gasteiger partial charge in [-0.25, -0.2) is 13.1 Å². The number of nitro benzene ring substituents is 1. The van der Waals surface area contributed by atoms with E-state index in [4.69, 9.17) is 0 Å². The highest BCUT2D eigenvalue weighted by molar-refractivity contribution is 7.89. The molecule has 1 N–H and O–H groups in total. The lowest BCUT2D eigenvalue weighted by Gasteiger charge is -2.14. The molecule has 0 radical (unpaired) electrons. The Kier molecular flexibility index (Phi) is 4.53. The molecule has 22 heavy (non-hydrogen) atoms. The summed E-state index contributed by atoms with van der Waals surface area (Å²) in [5.41, 5.74) is -0.141. The molecule has 2 aromatic carbocycles. The van der Waals surface area contributed by atoms with E-state index in [9.17, 15) is 22.9 Å². The molecule has 6 nitrogen and oxygen atoms in total. The maximum absolute atomic E-state index is 13.3. The topological polar surface area (TPSA) is 89.3 Å². The maximum Gasteiger partial charge on any atom is 0.306 e. The van der Waals surface area contributed by atoms with Crippen LogP contribution in [0.15, 0.2) is 53.4 Å². The van der Waals surface area contributed by atoms with Gasteiger partial charge in [-0.2, -0.15) is 4.39 Å². The summed E-state index contributed by atoms with van der Waals surface area (Å²) < 4.78 is 40.2. The standard InChI is InChI=1S/C14H13FN2O4S/c1-10(11-5-3-2-4-6-11)16-22(20,21)12-7-8-13(15)14(9-12)17(18)19/h2-10,16H,1H3/t10-/m0/s1. The largest absolute Gasteiger partial charge is 0.306 e. The van der Waals surface area contributed by atoms with Crippen molar-refractivity contribution >= 4 is 15.7 Å². The van der Waals surface area contributed by atoms with Crippen molar-refractivity contribution in [1.82, 2.24) is 4.72 Å². The fraction of sp³-hybridized carbons (Fsp3) is 0.143. The summed E-state index contributed by atoms with van der Waals surface area (Å²) in [7, 11) is -4.00. The van der Waals surface area contributed by atoms with Crippen molar-refractivity contribution in [1.29, 1.82) is 0 Å². The number of halogens is 1. The van der Waals surface area contributed by atoms with E-state index in [0.29, 0.717) is 6.07 Å². The summed E-state index contributed by atoms with van der Waals surface area (Å²) in [5.74, 6) is -1.08. The van der Waals surface area contributed by atoms with Crippen LogP contribution in [-0.4, -0.2) is 13.3 Å². The summed E-state index contributed by atoms with van der Waals surface area (Å²) in [6.07, 6.45) is 0. The molecule has 2 aromatic rings. The van der Waals surface area contributed by atoms with E-state index in [1.165, 1.54) is 0 Å². The van der Waals surface area contributed by atoms with Crippen LogP contribution in [0.25, 0.3) is 0 Å². The average Bonchev–Trinajstić information content (AvgIpc) is 2.47. The zero-order valence-corrected chi connectivity index (χ0v) is 12.4. The number of nitrogens with one attached hydrogen (secondary N) is 1. The van der Waals surface area contributed by atoms with Crippen LogP contribution in [0.3, 0.4) is 0 Å². The fourth-order valence-electron chi connectivity index (χ4n) is 1.91. The second-order valence-corrected chi connectivity index (χ2v) is 6.34. The van der Waals surface area contributed by atoms with Crippen LogP contribution in [0.2, 0.25) is 0 Å². The normalized spacial score (nSPS) is 12.8. The lowest BCUT2D eigenvalue weighted by atomic mass is 10.1. The van der Waals surface area contributed by atoms with E-state index < -0.39 is 32.5 Å². The highest BCUT2D eigenvalue weighted by atomic mass is 32.2. The predicted octanol–water partition coefficient (Wildman–Crippen LogP) is 2.77. The van der Waals surface area contributed by atoms with E-state index in [2.05, 4.69) is 4.72 Å². The van der Waals surface area contributed by atoms with Gasteiger partial charge in [-0.3, -0.25) is 10.1 Å². The molecular weight excluding hydrogens is 311 g/mol. The number of sulfonamides is 1. The molecule has 116 valence electrons. The third-order valence-electron chi connectivity index (χ3n) is 3.06. The SMILES string of the molecule is C[C@H](NS(=O)(=O)c1ccc(F)c([N+](=O)[O-])c1)c1ccccc1. The second-order valence-electron chi connectivity index (χ2n) is 4.62. The van der Waals surface area contributed by atoms with Crippen molar-refractivity contribution in [2.75, 3.05) is 0 Å². The smallest absolute Gasteiger partial charge is 0.258 e. The van der Waals surface area contributed by atoms with E-state index in [-0.39, 0.29) is 4.90 Å². The Morgan fingerprint density at radius 2 is 1.82 bits per heavy atom. The van der Waals surface area contributed by atoms with Gasteiger partial charge in [0.05, 0.1) is 9.82 Å². The zero-order valence-electron chi connectivity index (χ0n) is 11.6. The van der Waals surface area contributed by atoms with Crippen LogP contribution in [0.1, 0.15) is 18.5 Å². The third kappa shape index (κ3) is 3.46. The first-order valence-electron chi connectivity index (χ1n) is 6.32. The molecule has 0 aromatic heterocycles. The molecular formula is C14H13FN2O4S. The average molecular weight is 324 g/mol. The Hall–Kier alpha value is -2.32. The Morgan fingerprint density at radius 3 is 2.41 bits per heavy atom. The van der Waals surface area contributed by atoms with Gasteiger partial charge in [0.25, 0.3) is 0 Å². The highest BCUT2D eigenvalue weighted by Crippen LogP contribution is 2.23. The molecule has 0 saturated carbocycles. The lowest BCUT2D eigenvalue weighted by molar-refractivity contribution is -0.387.